The number of nitrogens with two attached hydrogens (primary N) is 1. The second-order valence-corrected chi connectivity index (χ2v) is 3.94. The largest absolute Gasteiger partial charge is 0.399 e. The Hall–Kier alpha value is -1.02. The number of ether oxygens (including phenoxy) is 1. The summed E-state index contributed by atoms with van der Waals surface area (Å²) in [6, 6.07) is 7.95. The Morgan fingerprint density at radius 1 is 1.38 bits per heavy atom. The second kappa shape index (κ2) is 3.79. The Bertz CT molecular complexity index is 281. The summed E-state index contributed by atoms with van der Waals surface area (Å²) in [4.78, 5) is 0. The number of rotatable bonds is 3. The van der Waals surface area contributed by atoms with E-state index in [4.69, 9.17) is 10.5 Å². The van der Waals surface area contributed by atoms with Gasteiger partial charge in [-0.2, -0.15) is 0 Å². The predicted molar refractivity (Wildman–Crippen MR) is 55.8 cm³/mol. The van der Waals surface area contributed by atoms with Crippen molar-refractivity contribution in [3.8, 4) is 0 Å². The molecule has 1 aromatic rings. The monoisotopic (exact) mass is 179 g/mol. The maximum absolute atomic E-state index is 5.71. The van der Waals surface area contributed by atoms with E-state index < -0.39 is 0 Å². The number of hydrogen-bond donors (Lipinski definition) is 1. The van der Waals surface area contributed by atoms with Gasteiger partial charge >= 0.3 is 0 Å². The molecule has 0 aliphatic rings. The van der Waals surface area contributed by atoms with E-state index in [2.05, 4.69) is 19.9 Å². The third kappa shape index (κ3) is 2.46. The topological polar surface area (TPSA) is 35.2 Å². The van der Waals surface area contributed by atoms with E-state index in [0.717, 1.165) is 5.69 Å². The van der Waals surface area contributed by atoms with Gasteiger partial charge in [-0.3, -0.25) is 0 Å². The molecule has 0 bridgehead atoms. The van der Waals surface area contributed by atoms with Gasteiger partial charge in [0, 0.05) is 18.2 Å². The van der Waals surface area contributed by atoms with Crippen LogP contribution < -0.4 is 5.73 Å². The zero-order chi connectivity index (χ0) is 9.90. The van der Waals surface area contributed by atoms with E-state index in [-0.39, 0.29) is 5.41 Å². The van der Waals surface area contributed by atoms with Gasteiger partial charge < -0.3 is 10.5 Å². The van der Waals surface area contributed by atoms with Crippen molar-refractivity contribution in [1.29, 1.82) is 0 Å². The molecule has 2 nitrogen and oxygen atoms in total. The SMILES string of the molecule is COCC(C)(C)c1cccc(N)c1. The maximum atomic E-state index is 5.71. The van der Waals surface area contributed by atoms with Crippen LogP contribution in [0.1, 0.15) is 19.4 Å². The Morgan fingerprint density at radius 2 is 2.08 bits per heavy atom. The lowest BCUT2D eigenvalue weighted by atomic mass is 9.85. The van der Waals surface area contributed by atoms with Crippen LogP contribution in [0.15, 0.2) is 24.3 Å². The number of benzene rings is 1. The van der Waals surface area contributed by atoms with Crippen LogP contribution in [0.2, 0.25) is 0 Å². The van der Waals surface area contributed by atoms with Crippen LogP contribution in [-0.2, 0) is 10.2 Å². The van der Waals surface area contributed by atoms with Gasteiger partial charge in [-0.1, -0.05) is 26.0 Å². The van der Waals surface area contributed by atoms with Crippen molar-refractivity contribution >= 4 is 5.69 Å². The maximum Gasteiger partial charge on any atom is 0.0553 e. The molecule has 0 aliphatic carbocycles. The van der Waals surface area contributed by atoms with Crippen molar-refractivity contribution in [2.45, 2.75) is 19.3 Å². The molecule has 0 amide bonds. The molecule has 0 fully saturated rings. The molecule has 2 N–H and O–H groups in total. The summed E-state index contributed by atoms with van der Waals surface area (Å²) in [5, 5.41) is 0. The third-order valence-electron chi connectivity index (χ3n) is 2.17. The molecule has 0 radical (unpaired) electrons. The minimum Gasteiger partial charge on any atom is -0.399 e. The smallest absolute Gasteiger partial charge is 0.0553 e. The van der Waals surface area contributed by atoms with E-state index in [9.17, 15) is 0 Å². The van der Waals surface area contributed by atoms with E-state index in [0.29, 0.717) is 6.61 Å². The van der Waals surface area contributed by atoms with E-state index in [1.165, 1.54) is 5.56 Å². The highest BCUT2D eigenvalue weighted by Gasteiger charge is 2.19. The average Bonchev–Trinajstić information content (AvgIpc) is 2.04. The highest BCUT2D eigenvalue weighted by molar-refractivity contribution is 5.43. The fourth-order valence-electron chi connectivity index (χ4n) is 1.40. The van der Waals surface area contributed by atoms with E-state index >= 15 is 0 Å². The number of anilines is 1. The first-order valence-corrected chi connectivity index (χ1v) is 4.41. The third-order valence-corrected chi connectivity index (χ3v) is 2.17. The van der Waals surface area contributed by atoms with Crippen molar-refractivity contribution < 1.29 is 4.74 Å². The molecule has 0 saturated carbocycles. The molecular formula is C11H17NO. The number of nitrogen functional groups attached to an aromatic ring is 1. The zero-order valence-electron chi connectivity index (χ0n) is 8.50. The van der Waals surface area contributed by atoms with Gasteiger partial charge in [-0.05, 0) is 17.7 Å². The van der Waals surface area contributed by atoms with Gasteiger partial charge in [0.1, 0.15) is 0 Å². The van der Waals surface area contributed by atoms with Crippen molar-refractivity contribution in [3.63, 3.8) is 0 Å². The van der Waals surface area contributed by atoms with Crippen LogP contribution in [-0.4, -0.2) is 13.7 Å². The summed E-state index contributed by atoms with van der Waals surface area (Å²) in [7, 11) is 1.72. The molecule has 0 saturated heterocycles. The molecule has 0 heterocycles. The lowest BCUT2D eigenvalue weighted by molar-refractivity contribution is 0.146. The lowest BCUT2D eigenvalue weighted by Gasteiger charge is -2.24. The molecule has 72 valence electrons. The molecular weight excluding hydrogens is 162 g/mol. The standard InChI is InChI=1S/C11H17NO/c1-11(2,8-13-3)9-5-4-6-10(12)7-9/h4-7H,8,12H2,1-3H3. The molecule has 0 atom stereocenters. The van der Waals surface area contributed by atoms with Gasteiger partial charge in [0.25, 0.3) is 0 Å². The summed E-state index contributed by atoms with van der Waals surface area (Å²) >= 11 is 0. The number of hydrogen-bond acceptors (Lipinski definition) is 2. The zero-order valence-corrected chi connectivity index (χ0v) is 8.50. The van der Waals surface area contributed by atoms with Crippen LogP contribution in [0.3, 0.4) is 0 Å². The highest BCUT2D eigenvalue weighted by Crippen LogP contribution is 2.24. The molecule has 0 spiro atoms. The quantitative estimate of drug-likeness (QED) is 0.722. The van der Waals surface area contributed by atoms with Crippen LogP contribution in [0.25, 0.3) is 0 Å². The summed E-state index contributed by atoms with van der Waals surface area (Å²) in [5.74, 6) is 0. The Balaban J connectivity index is 2.93. The normalized spacial score (nSPS) is 11.6. The van der Waals surface area contributed by atoms with Crippen molar-refractivity contribution in [2.75, 3.05) is 19.5 Å². The van der Waals surface area contributed by atoms with E-state index in [1.807, 2.05) is 18.2 Å². The molecule has 1 aromatic carbocycles. The van der Waals surface area contributed by atoms with Crippen LogP contribution in [0.5, 0.6) is 0 Å². The van der Waals surface area contributed by atoms with Gasteiger partial charge in [0.15, 0.2) is 0 Å². The fraction of sp³-hybridized carbons (Fsp3) is 0.455. The van der Waals surface area contributed by atoms with Crippen LogP contribution >= 0.6 is 0 Å². The summed E-state index contributed by atoms with van der Waals surface area (Å²) in [5.41, 5.74) is 7.77. The summed E-state index contributed by atoms with van der Waals surface area (Å²) in [6.07, 6.45) is 0. The van der Waals surface area contributed by atoms with Crippen molar-refractivity contribution in [1.82, 2.24) is 0 Å². The van der Waals surface area contributed by atoms with Gasteiger partial charge in [-0.15, -0.1) is 0 Å². The van der Waals surface area contributed by atoms with Gasteiger partial charge in [0.05, 0.1) is 6.61 Å². The minimum absolute atomic E-state index is 0.0319. The Labute approximate surface area is 79.7 Å². The van der Waals surface area contributed by atoms with Crippen LogP contribution in [0, 0.1) is 0 Å². The number of methoxy groups -OCH3 is 1. The molecule has 13 heavy (non-hydrogen) atoms. The minimum atomic E-state index is 0.0319. The molecule has 0 aliphatic heterocycles. The summed E-state index contributed by atoms with van der Waals surface area (Å²) in [6.45, 7) is 4.99. The van der Waals surface area contributed by atoms with Crippen LogP contribution in [0.4, 0.5) is 5.69 Å². The Kier molecular flexibility index (Phi) is 2.94. The Morgan fingerprint density at radius 3 is 2.62 bits per heavy atom. The first-order valence-electron chi connectivity index (χ1n) is 4.41. The molecule has 0 unspecified atom stereocenters. The molecule has 1 rings (SSSR count). The average molecular weight is 179 g/mol. The lowest BCUT2D eigenvalue weighted by Crippen LogP contribution is -2.23. The van der Waals surface area contributed by atoms with Crippen molar-refractivity contribution in [3.05, 3.63) is 29.8 Å². The second-order valence-electron chi connectivity index (χ2n) is 3.94. The summed E-state index contributed by atoms with van der Waals surface area (Å²) < 4.78 is 5.16. The van der Waals surface area contributed by atoms with Gasteiger partial charge in [-0.25, -0.2) is 0 Å². The van der Waals surface area contributed by atoms with Gasteiger partial charge in [0.2, 0.25) is 0 Å². The van der Waals surface area contributed by atoms with E-state index in [1.54, 1.807) is 7.11 Å². The first-order chi connectivity index (χ1) is 6.06. The van der Waals surface area contributed by atoms with Crippen molar-refractivity contribution in [2.24, 2.45) is 0 Å². The molecule has 2 heteroatoms. The predicted octanol–water partition coefficient (Wildman–Crippen LogP) is 2.19. The fourth-order valence-corrected chi connectivity index (χ4v) is 1.40. The molecule has 0 aromatic heterocycles. The first kappa shape index (κ1) is 10.1. The highest BCUT2D eigenvalue weighted by atomic mass is 16.5.